The number of fused-ring (bicyclic) bond motifs is 1. The van der Waals surface area contributed by atoms with Gasteiger partial charge in [0.15, 0.2) is 11.4 Å². The first-order chi connectivity index (χ1) is 8.91. The van der Waals surface area contributed by atoms with Crippen LogP contribution in [-0.2, 0) is 19.1 Å². The van der Waals surface area contributed by atoms with Crippen molar-refractivity contribution in [1.82, 2.24) is 0 Å². The van der Waals surface area contributed by atoms with E-state index in [0.717, 1.165) is 12.8 Å². The summed E-state index contributed by atoms with van der Waals surface area (Å²) in [5.41, 5.74) is -1.20. The minimum absolute atomic E-state index is 0.0587. The van der Waals surface area contributed by atoms with E-state index in [1.165, 1.54) is 0 Å². The van der Waals surface area contributed by atoms with Gasteiger partial charge in [0.2, 0.25) is 0 Å². The SMILES string of the molecule is C[C@@H]1CC[C@H]2[C@@H](C)C(=O)O[C@@]23[C@H]1CC(=O)[C@@]1([13CH3])O[C@@H]31. The Morgan fingerprint density at radius 1 is 1.16 bits per heavy atom. The summed E-state index contributed by atoms with van der Waals surface area (Å²) in [4.78, 5) is 24.3. The molecule has 0 aromatic rings. The van der Waals surface area contributed by atoms with Gasteiger partial charge in [-0.3, -0.25) is 9.59 Å². The fraction of sp³-hybridized carbons (Fsp3) is 0.867. The number of ketones is 1. The molecule has 4 fully saturated rings. The van der Waals surface area contributed by atoms with Gasteiger partial charge in [0.25, 0.3) is 0 Å². The average molecular weight is 265 g/mol. The number of carbonyl (C=O) groups is 2. The van der Waals surface area contributed by atoms with Crippen LogP contribution in [0.2, 0.25) is 0 Å². The summed E-state index contributed by atoms with van der Waals surface area (Å²) in [6, 6.07) is 0. The number of rotatable bonds is 0. The minimum Gasteiger partial charge on any atom is -0.455 e. The van der Waals surface area contributed by atoms with Gasteiger partial charge < -0.3 is 9.47 Å². The molecule has 2 aliphatic carbocycles. The Bertz CT molecular complexity index is 487. The van der Waals surface area contributed by atoms with Crippen LogP contribution in [0.3, 0.4) is 0 Å². The van der Waals surface area contributed by atoms with E-state index in [1.807, 2.05) is 13.8 Å². The van der Waals surface area contributed by atoms with Crippen LogP contribution in [-0.4, -0.2) is 29.1 Å². The lowest BCUT2D eigenvalue weighted by atomic mass is 9.56. The maximum absolute atomic E-state index is 12.2. The van der Waals surface area contributed by atoms with E-state index in [0.29, 0.717) is 12.3 Å². The molecular formula is C15H20O4. The van der Waals surface area contributed by atoms with Crippen LogP contribution in [0.4, 0.5) is 0 Å². The van der Waals surface area contributed by atoms with Crippen molar-refractivity contribution < 1.29 is 19.1 Å². The molecule has 0 aromatic carbocycles. The molecule has 4 nitrogen and oxygen atoms in total. The summed E-state index contributed by atoms with van der Waals surface area (Å²) in [7, 11) is 0. The van der Waals surface area contributed by atoms with E-state index < -0.39 is 11.2 Å². The van der Waals surface area contributed by atoms with Crippen LogP contribution in [0.25, 0.3) is 0 Å². The van der Waals surface area contributed by atoms with Crippen molar-refractivity contribution in [1.29, 1.82) is 0 Å². The summed E-state index contributed by atoms with van der Waals surface area (Å²) in [5, 5.41) is 0. The van der Waals surface area contributed by atoms with Gasteiger partial charge in [0, 0.05) is 18.3 Å². The first-order valence-corrected chi connectivity index (χ1v) is 7.35. The van der Waals surface area contributed by atoms with E-state index in [9.17, 15) is 9.59 Å². The molecule has 0 bridgehead atoms. The molecule has 4 heteroatoms. The van der Waals surface area contributed by atoms with E-state index in [2.05, 4.69) is 6.92 Å². The Hall–Kier alpha value is -0.900. The smallest absolute Gasteiger partial charge is 0.309 e. The van der Waals surface area contributed by atoms with Crippen molar-refractivity contribution in [3.63, 3.8) is 0 Å². The highest BCUT2D eigenvalue weighted by atomic mass is 16.7. The zero-order valence-electron chi connectivity index (χ0n) is 11.6. The molecule has 4 aliphatic rings. The van der Waals surface area contributed by atoms with Crippen molar-refractivity contribution in [3.8, 4) is 0 Å². The second kappa shape index (κ2) is 3.22. The Morgan fingerprint density at radius 3 is 2.63 bits per heavy atom. The monoisotopic (exact) mass is 265 g/mol. The summed E-state index contributed by atoms with van der Waals surface area (Å²) in [6.07, 6.45) is 2.39. The molecule has 0 radical (unpaired) electrons. The third-order valence-corrected chi connectivity index (χ3v) is 6.21. The fourth-order valence-electron chi connectivity index (χ4n) is 4.96. The molecule has 0 N–H and O–H groups in total. The molecule has 0 aromatic heterocycles. The van der Waals surface area contributed by atoms with Gasteiger partial charge in [-0.05, 0) is 25.7 Å². The van der Waals surface area contributed by atoms with Crippen molar-refractivity contribution in [2.75, 3.05) is 0 Å². The zero-order valence-corrected chi connectivity index (χ0v) is 11.6. The molecule has 104 valence electrons. The summed E-state index contributed by atoms with van der Waals surface area (Å²) < 4.78 is 11.7. The molecule has 19 heavy (non-hydrogen) atoms. The molecule has 2 aliphatic heterocycles. The molecule has 7 atom stereocenters. The number of hydrogen-bond acceptors (Lipinski definition) is 4. The number of Topliss-reactive ketones (excluding diaryl/α,β-unsaturated/α-hetero) is 1. The average Bonchev–Trinajstić information content (AvgIpc) is 3.00. The largest absolute Gasteiger partial charge is 0.455 e. The minimum atomic E-state index is -0.684. The topological polar surface area (TPSA) is 55.9 Å². The molecule has 2 heterocycles. The third kappa shape index (κ3) is 1.16. The van der Waals surface area contributed by atoms with Crippen molar-refractivity contribution in [2.45, 2.75) is 57.3 Å². The number of carbonyl (C=O) groups excluding carboxylic acids is 2. The highest BCUT2D eigenvalue weighted by Gasteiger charge is 2.79. The van der Waals surface area contributed by atoms with E-state index in [-0.39, 0.29) is 35.6 Å². The highest BCUT2D eigenvalue weighted by molar-refractivity contribution is 5.93. The van der Waals surface area contributed by atoms with Gasteiger partial charge >= 0.3 is 5.97 Å². The Kier molecular flexibility index (Phi) is 2.01. The van der Waals surface area contributed by atoms with Crippen LogP contribution >= 0.6 is 0 Å². The van der Waals surface area contributed by atoms with Gasteiger partial charge in [-0.2, -0.15) is 0 Å². The number of ether oxygens (including phenoxy) is 2. The standard InChI is InChI=1S/C15H20O4/c1-7-4-5-9-8(2)12(17)18-15(9)10(7)6-11(16)14(3)13(15)19-14/h7-10,13H,4-6H2,1-3H3/t7-,8-,9+,10+,13-,14-,15-/m1/s1/i3+1. The Morgan fingerprint density at radius 2 is 1.89 bits per heavy atom. The maximum atomic E-state index is 12.2. The first kappa shape index (κ1) is 11.9. The van der Waals surface area contributed by atoms with Gasteiger partial charge in [-0.1, -0.05) is 13.8 Å². The van der Waals surface area contributed by atoms with E-state index in [1.54, 1.807) is 0 Å². The van der Waals surface area contributed by atoms with Gasteiger partial charge in [0.1, 0.15) is 11.7 Å². The highest BCUT2D eigenvalue weighted by Crippen LogP contribution is 2.65. The van der Waals surface area contributed by atoms with Crippen molar-refractivity contribution in [2.24, 2.45) is 23.7 Å². The van der Waals surface area contributed by atoms with Crippen LogP contribution in [0.1, 0.15) is 40.0 Å². The van der Waals surface area contributed by atoms with E-state index in [4.69, 9.17) is 9.47 Å². The fourth-order valence-corrected chi connectivity index (χ4v) is 4.96. The molecule has 0 amide bonds. The molecule has 1 spiro atoms. The predicted molar refractivity (Wildman–Crippen MR) is 66.3 cm³/mol. The second-order valence-corrected chi connectivity index (χ2v) is 7.06. The lowest BCUT2D eigenvalue weighted by Crippen LogP contribution is -2.60. The van der Waals surface area contributed by atoms with Crippen LogP contribution in [0.15, 0.2) is 0 Å². The van der Waals surface area contributed by atoms with Crippen LogP contribution in [0.5, 0.6) is 0 Å². The van der Waals surface area contributed by atoms with E-state index >= 15 is 0 Å². The predicted octanol–water partition coefficient (Wildman–Crippen LogP) is 1.71. The summed E-state index contributed by atoms with van der Waals surface area (Å²) in [6.45, 7) is 6.00. The lowest BCUT2D eigenvalue weighted by Gasteiger charge is -2.49. The Labute approximate surface area is 112 Å². The lowest BCUT2D eigenvalue weighted by molar-refractivity contribution is -0.170. The third-order valence-electron chi connectivity index (χ3n) is 6.21. The zero-order chi connectivity index (χ0) is 13.6. The number of esters is 1. The van der Waals surface area contributed by atoms with Crippen molar-refractivity contribution >= 4 is 11.8 Å². The molecule has 2 saturated carbocycles. The van der Waals surface area contributed by atoms with Gasteiger partial charge in [-0.25, -0.2) is 0 Å². The summed E-state index contributed by atoms with van der Waals surface area (Å²) >= 11 is 0. The number of hydrogen-bond donors (Lipinski definition) is 0. The molecule has 4 rings (SSSR count). The van der Waals surface area contributed by atoms with Crippen molar-refractivity contribution in [3.05, 3.63) is 0 Å². The normalized spacial score (nSPS) is 59.0. The van der Waals surface area contributed by atoms with Crippen LogP contribution in [0, 0.1) is 23.7 Å². The Balaban J connectivity index is 1.84. The quantitative estimate of drug-likeness (QED) is 0.380. The van der Waals surface area contributed by atoms with Crippen LogP contribution < -0.4 is 0 Å². The first-order valence-electron chi connectivity index (χ1n) is 7.35. The van der Waals surface area contributed by atoms with Gasteiger partial charge in [-0.15, -0.1) is 0 Å². The van der Waals surface area contributed by atoms with Gasteiger partial charge in [0.05, 0.1) is 5.92 Å². The second-order valence-electron chi connectivity index (χ2n) is 7.06. The molecular weight excluding hydrogens is 245 g/mol. The summed E-state index contributed by atoms with van der Waals surface area (Å²) in [5.74, 6) is 0.825. The maximum Gasteiger partial charge on any atom is 0.309 e. The molecule has 0 unspecified atom stereocenters. The molecule has 2 saturated heterocycles. The number of epoxide rings is 1.